The molecule has 17 heavy (non-hydrogen) atoms. The lowest BCUT2D eigenvalue weighted by Gasteiger charge is -2.13. The number of rotatable bonds is 3. The van der Waals surface area contributed by atoms with Crippen molar-refractivity contribution in [1.82, 2.24) is 0 Å². The van der Waals surface area contributed by atoms with Crippen LogP contribution in [-0.4, -0.2) is 5.11 Å². The van der Waals surface area contributed by atoms with Crippen molar-refractivity contribution >= 4 is 23.2 Å². The van der Waals surface area contributed by atoms with Crippen LogP contribution >= 0.6 is 23.2 Å². The van der Waals surface area contributed by atoms with E-state index in [2.05, 4.69) is 0 Å². The van der Waals surface area contributed by atoms with Crippen LogP contribution < -0.4 is 0 Å². The van der Waals surface area contributed by atoms with Crippen LogP contribution in [-0.2, 0) is 6.42 Å². The molecule has 0 radical (unpaired) electrons. The Morgan fingerprint density at radius 1 is 1.00 bits per heavy atom. The molecule has 0 fully saturated rings. The van der Waals surface area contributed by atoms with Gasteiger partial charge in [-0.05, 0) is 23.8 Å². The molecule has 1 nitrogen and oxygen atoms in total. The normalized spacial score (nSPS) is 12.4. The second-order valence-electron chi connectivity index (χ2n) is 3.87. The summed E-state index contributed by atoms with van der Waals surface area (Å²) in [5.41, 5.74) is 1.74. The van der Waals surface area contributed by atoms with Gasteiger partial charge in [-0.25, -0.2) is 0 Å². The van der Waals surface area contributed by atoms with Gasteiger partial charge in [-0.2, -0.15) is 0 Å². The maximum absolute atomic E-state index is 10.1. The highest BCUT2D eigenvalue weighted by atomic mass is 35.5. The third-order valence-electron chi connectivity index (χ3n) is 2.59. The number of aliphatic hydroxyl groups is 1. The lowest BCUT2D eigenvalue weighted by atomic mass is 10.0. The topological polar surface area (TPSA) is 20.2 Å². The molecule has 88 valence electrons. The molecule has 0 amide bonds. The lowest BCUT2D eigenvalue weighted by Crippen LogP contribution is -2.02. The van der Waals surface area contributed by atoms with Crippen molar-refractivity contribution < 1.29 is 5.11 Å². The Morgan fingerprint density at radius 2 is 1.71 bits per heavy atom. The fourth-order valence-corrected chi connectivity index (χ4v) is 2.14. The van der Waals surface area contributed by atoms with Gasteiger partial charge in [0.2, 0.25) is 0 Å². The molecule has 2 rings (SSSR count). The van der Waals surface area contributed by atoms with Gasteiger partial charge in [-0.1, -0.05) is 53.5 Å². The molecular formula is C14H12Cl2O. The third-order valence-corrected chi connectivity index (χ3v) is 3.17. The van der Waals surface area contributed by atoms with E-state index >= 15 is 0 Å². The van der Waals surface area contributed by atoms with E-state index < -0.39 is 6.10 Å². The summed E-state index contributed by atoms with van der Waals surface area (Å²) in [6.45, 7) is 0. The highest BCUT2D eigenvalue weighted by molar-refractivity contribution is 6.33. The fourth-order valence-electron chi connectivity index (χ4n) is 1.72. The molecule has 0 saturated heterocycles. The van der Waals surface area contributed by atoms with Crippen molar-refractivity contribution in [3.05, 3.63) is 69.7 Å². The molecular weight excluding hydrogens is 255 g/mol. The Labute approximate surface area is 111 Å². The van der Waals surface area contributed by atoms with Crippen LogP contribution in [0.5, 0.6) is 0 Å². The van der Waals surface area contributed by atoms with Crippen LogP contribution in [0.15, 0.2) is 48.5 Å². The van der Waals surface area contributed by atoms with E-state index in [4.69, 9.17) is 23.2 Å². The van der Waals surface area contributed by atoms with Crippen LogP contribution in [0.4, 0.5) is 0 Å². The molecule has 0 bridgehead atoms. The second-order valence-corrected chi connectivity index (χ2v) is 4.71. The van der Waals surface area contributed by atoms with Crippen molar-refractivity contribution in [2.45, 2.75) is 12.5 Å². The molecule has 1 atom stereocenters. The van der Waals surface area contributed by atoms with Gasteiger partial charge < -0.3 is 5.11 Å². The Bertz CT molecular complexity index is 497. The Balaban J connectivity index is 2.20. The first-order valence-corrected chi connectivity index (χ1v) is 6.09. The molecule has 0 spiro atoms. The number of benzene rings is 2. The van der Waals surface area contributed by atoms with Gasteiger partial charge in [-0.15, -0.1) is 0 Å². The van der Waals surface area contributed by atoms with Gasteiger partial charge >= 0.3 is 0 Å². The van der Waals surface area contributed by atoms with E-state index in [0.29, 0.717) is 22.0 Å². The molecule has 0 aliphatic rings. The lowest BCUT2D eigenvalue weighted by molar-refractivity contribution is 0.178. The average Bonchev–Trinajstić information content (AvgIpc) is 2.33. The monoisotopic (exact) mass is 266 g/mol. The molecule has 0 saturated carbocycles. The minimum atomic E-state index is -0.636. The minimum Gasteiger partial charge on any atom is -0.388 e. The minimum absolute atomic E-state index is 0.529. The Kier molecular flexibility index (Phi) is 4.06. The first-order chi connectivity index (χ1) is 8.16. The van der Waals surface area contributed by atoms with Crippen LogP contribution in [0, 0.1) is 0 Å². The first-order valence-electron chi connectivity index (χ1n) is 5.34. The third kappa shape index (κ3) is 3.22. The molecule has 0 aliphatic heterocycles. The zero-order chi connectivity index (χ0) is 12.3. The average molecular weight is 267 g/mol. The van der Waals surface area contributed by atoms with Crippen molar-refractivity contribution in [2.75, 3.05) is 0 Å². The van der Waals surface area contributed by atoms with E-state index in [9.17, 15) is 5.11 Å². The smallest absolute Gasteiger partial charge is 0.0845 e. The van der Waals surface area contributed by atoms with Gasteiger partial charge in [0, 0.05) is 22.0 Å². The molecule has 0 heterocycles. The standard InChI is InChI=1S/C14H12Cl2O/c15-11-6-7-13(16)12(9-11)14(17)8-10-4-2-1-3-5-10/h1-7,9,14,17H,8H2. The maximum Gasteiger partial charge on any atom is 0.0845 e. The zero-order valence-electron chi connectivity index (χ0n) is 9.11. The van der Waals surface area contributed by atoms with Crippen LogP contribution in [0.25, 0.3) is 0 Å². The molecule has 1 unspecified atom stereocenters. The summed E-state index contributed by atoms with van der Waals surface area (Å²) in [6, 6.07) is 14.9. The largest absolute Gasteiger partial charge is 0.388 e. The zero-order valence-corrected chi connectivity index (χ0v) is 10.6. The van der Waals surface area contributed by atoms with Crippen molar-refractivity contribution in [1.29, 1.82) is 0 Å². The van der Waals surface area contributed by atoms with Crippen molar-refractivity contribution in [3.63, 3.8) is 0 Å². The summed E-state index contributed by atoms with van der Waals surface area (Å²) in [6.07, 6.45) is -0.107. The summed E-state index contributed by atoms with van der Waals surface area (Å²) in [5, 5.41) is 11.3. The van der Waals surface area contributed by atoms with E-state index in [-0.39, 0.29) is 0 Å². The van der Waals surface area contributed by atoms with E-state index in [1.54, 1.807) is 18.2 Å². The molecule has 2 aromatic rings. The number of aliphatic hydroxyl groups excluding tert-OH is 1. The molecule has 3 heteroatoms. The molecule has 0 aliphatic carbocycles. The predicted molar refractivity (Wildman–Crippen MR) is 71.6 cm³/mol. The summed E-state index contributed by atoms with van der Waals surface area (Å²) < 4.78 is 0. The van der Waals surface area contributed by atoms with E-state index in [0.717, 1.165) is 5.56 Å². The Morgan fingerprint density at radius 3 is 2.41 bits per heavy atom. The number of hydrogen-bond donors (Lipinski definition) is 1. The quantitative estimate of drug-likeness (QED) is 0.880. The van der Waals surface area contributed by atoms with Gasteiger partial charge in [0.05, 0.1) is 6.10 Å². The highest BCUT2D eigenvalue weighted by Gasteiger charge is 2.12. The van der Waals surface area contributed by atoms with Crippen molar-refractivity contribution in [2.24, 2.45) is 0 Å². The molecule has 2 aromatic carbocycles. The number of halogens is 2. The van der Waals surface area contributed by atoms with Gasteiger partial charge in [0.1, 0.15) is 0 Å². The molecule has 1 N–H and O–H groups in total. The second kappa shape index (κ2) is 5.54. The summed E-state index contributed by atoms with van der Waals surface area (Å²) in [5.74, 6) is 0. The van der Waals surface area contributed by atoms with Crippen LogP contribution in [0.2, 0.25) is 10.0 Å². The van der Waals surface area contributed by atoms with Gasteiger partial charge in [0.25, 0.3) is 0 Å². The summed E-state index contributed by atoms with van der Waals surface area (Å²) >= 11 is 11.9. The van der Waals surface area contributed by atoms with Crippen LogP contribution in [0.1, 0.15) is 17.2 Å². The fraction of sp³-hybridized carbons (Fsp3) is 0.143. The van der Waals surface area contributed by atoms with Crippen molar-refractivity contribution in [3.8, 4) is 0 Å². The van der Waals surface area contributed by atoms with E-state index in [1.807, 2.05) is 30.3 Å². The van der Waals surface area contributed by atoms with Crippen LogP contribution in [0.3, 0.4) is 0 Å². The van der Waals surface area contributed by atoms with Gasteiger partial charge in [-0.3, -0.25) is 0 Å². The van der Waals surface area contributed by atoms with Gasteiger partial charge in [0.15, 0.2) is 0 Å². The summed E-state index contributed by atoms with van der Waals surface area (Å²) in [7, 11) is 0. The first kappa shape index (κ1) is 12.4. The predicted octanol–water partition coefficient (Wildman–Crippen LogP) is 4.27. The SMILES string of the molecule is OC(Cc1ccccc1)c1cc(Cl)ccc1Cl. The highest BCUT2D eigenvalue weighted by Crippen LogP contribution is 2.28. The Hall–Kier alpha value is -1.02. The maximum atomic E-state index is 10.1. The number of hydrogen-bond acceptors (Lipinski definition) is 1. The molecule has 0 aromatic heterocycles. The summed E-state index contributed by atoms with van der Waals surface area (Å²) in [4.78, 5) is 0. The van der Waals surface area contributed by atoms with E-state index in [1.165, 1.54) is 0 Å².